The topological polar surface area (TPSA) is 69.7 Å². The number of nitrogens with zero attached hydrogens (tertiary/aromatic N) is 2. The number of benzene rings is 3. The number of piperazine rings is 1. The van der Waals surface area contributed by atoms with E-state index in [-0.39, 0.29) is 23.5 Å². The molecule has 1 amide bonds. The molecular weight excluding hydrogens is 426 g/mol. The largest absolute Gasteiger partial charge is 0.369 e. The Morgan fingerprint density at radius 3 is 2.06 bits per heavy atom. The predicted molar refractivity (Wildman–Crippen MR) is 133 cm³/mol. The predicted octanol–water partition coefficient (Wildman–Crippen LogP) is 3.92. The van der Waals surface area contributed by atoms with Crippen molar-refractivity contribution in [3.8, 4) is 0 Å². The number of hydrogen-bond donors (Lipinski definition) is 1. The van der Waals surface area contributed by atoms with Crippen molar-refractivity contribution in [2.75, 3.05) is 36.4 Å². The van der Waals surface area contributed by atoms with Crippen molar-refractivity contribution in [1.82, 2.24) is 4.90 Å². The Hall–Kier alpha value is -3.77. The molecule has 6 nitrogen and oxygen atoms in total. The first-order valence-corrected chi connectivity index (χ1v) is 11.6. The van der Waals surface area contributed by atoms with Gasteiger partial charge in [0.1, 0.15) is 0 Å². The van der Waals surface area contributed by atoms with Gasteiger partial charge < -0.3 is 10.2 Å². The maximum atomic E-state index is 13.0. The van der Waals surface area contributed by atoms with Crippen molar-refractivity contribution < 1.29 is 14.4 Å². The van der Waals surface area contributed by atoms with E-state index in [9.17, 15) is 14.4 Å². The van der Waals surface area contributed by atoms with Crippen molar-refractivity contribution in [2.45, 2.75) is 19.9 Å². The molecule has 5 rings (SSSR count). The Bertz CT molecular complexity index is 1290. The van der Waals surface area contributed by atoms with Crippen LogP contribution in [0.25, 0.3) is 0 Å². The van der Waals surface area contributed by atoms with E-state index < -0.39 is 0 Å². The molecular formula is C28H27N3O3. The summed E-state index contributed by atoms with van der Waals surface area (Å²) in [5.41, 5.74) is 4.57. The van der Waals surface area contributed by atoms with Crippen LogP contribution in [0.2, 0.25) is 0 Å². The lowest BCUT2D eigenvalue weighted by atomic mass is 9.84. The van der Waals surface area contributed by atoms with Gasteiger partial charge >= 0.3 is 0 Å². The smallest absolute Gasteiger partial charge is 0.241 e. The van der Waals surface area contributed by atoms with Crippen molar-refractivity contribution in [3.63, 3.8) is 0 Å². The molecule has 1 N–H and O–H groups in total. The first-order chi connectivity index (χ1) is 16.4. The molecule has 1 unspecified atom stereocenters. The molecule has 1 aliphatic heterocycles. The highest BCUT2D eigenvalue weighted by atomic mass is 16.2. The minimum atomic E-state index is -0.312. The fourth-order valence-corrected chi connectivity index (χ4v) is 4.86. The van der Waals surface area contributed by atoms with E-state index in [4.69, 9.17) is 0 Å². The van der Waals surface area contributed by atoms with E-state index in [1.54, 1.807) is 42.5 Å². The standard InChI is InChI=1S/C28H27N3O3/c1-18-7-3-6-10-25(18)31-15-13-30(14-16-31)19(2)28(34)29-20-11-12-23-24(17-20)27(33)22-9-5-4-8-21(22)26(23)32/h3-12,17,19H,13-16H2,1-2H3,(H,29,34). The fraction of sp³-hybridized carbons (Fsp3) is 0.250. The number of hydrogen-bond acceptors (Lipinski definition) is 5. The molecule has 3 aromatic carbocycles. The van der Waals surface area contributed by atoms with Gasteiger partial charge in [0.2, 0.25) is 5.91 Å². The molecule has 0 bridgehead atoms. The number of anilines is 2. The summed E-state index contributed by atoms with van der Waals surface area (Å²) in [5, 5.41) is 2.94. The molecule has 1 fully saturated rings. The number of fused-ring (bicyclic) bond motifs is 2. The molecule has 1 heterocycles. The summed E-state index contributed by atoms with van der Waals surface area (Å²) in [6.45, 7) is 7.32. The quantitative estimate of drug-likeness (QED) is 0.507. The SMILES string of the molecule is Cc1ccccc1N1CCN(C(C)C(=O)Nc2ccc3c(c2)C(=O)c2ccccc2C3=O)CC1. The summed E-state index contributed by atoms with van der Waals surface area (Å²) in [6, 6.07) is 19.8. The van der Waals surface area contributed by atoms with Gasteiger partial charge in [-0.05, 0) is 43.7 Å². The Morgan fingerprint density at radius 2 is 1.38 bits per heavy atom. The van der Waals surface area contributed by atoms with Gasteiger partial charge in [-0.2, -0.15) is 0 Å². The molecule has 0 spiro atoms. The summed E-state index contributed by atoms with van der Waals surface area (Å²) >= 11 is 0. The van der Waals surface area contributed by atoms with Crippen LogP contribution in [0.3, 0.4) is 0 Å². The van der Waals surface area contributed by atoms with Crippen molar-refractivity contribution >= 4 is 28.8 Å². The van der Waals surface area contributed by atoms with Gasteiger partial charge in [-0.1, -0.05) is 42.5 Å². The number of aryl methyl sites for hydroxylation is 1. The fourth-order valence-electron chi connectivity index (χ4n) is 4.86. The average Bonchev–Trinajstić information content (AvgIpc) is 2.87. The zero-order chi connectivity index (χ0) is 23.8. The van der Waals surface area contributed by atoms with Gasteiger partial charge in [0.25, 0.3) is 0 Å². The van der Waals surface area contributed by atoms with Crippen LogP contribution in [0.1, 0.15) is 44.3 Å². The van der Waals surface area contributed by atoms with Crippen molar-refractivity contribution in [2.24, 2.45) is 0 Å². The van der Waals surface area contributed by atoms with E-state index in [1.165, 1.54) is 11.3 Å². The van der Waals surface area contributed by atoms with Gasteiger partial charge in [0.15, 0.2) is 11.6 Å². The van der Waals surface area contributed by atoms with Crippen LogP contribution in [0.5, 0.6) is 0 Å². The zero-order valence-electron chi connectivity index (χ0n) is 19.4. The van der Waals surface area contributed by atoms with E-state index >= 15 is 0 Å². The molecule has 1 saturated heterocycles. The molecule has 34 heavy (non-hydrogen) atoms. The van der Waals surface area contributed by atoms with Crippen LogP contribution in [-0.4, -0.2) is 54.6 Å². The second kappa shape index (κ2) is 8.88. The normalized spacial score (nSPS) is 16.6. The monoisotopic (exact) mass is 453 g/mol. The second-order valence-electron chi connectivity index (χ2n) is 8.94. The summed E-state index contributed by atoms with van der Waals surface area (Å²) < 4.78 is 0. The van der Waals surface area contributed by atoms with E-state index in [1.807, 2.05) is 13.0 Å². The molecule has 0 radical (unpaired) electrons. The van der Waals surface area contributed by atoms with Crippen LogP contribution in [0.4, 0.5) is 11.4 Å². The van der Waals surface area contributed by atoms with Crippen molar-refractivity contribution in [1.29, 1.82) is 0 Å². The lowest BCUT2D eigenvalue weighted by molar-refractivity contribution is -0.120. The molecule has 6 heteroatoms. The zero-order valence-corrected chi connectivity index (χ0v) is 19.4. The highest BCUT2D eigenvalue weighted by molar-refractivity contribution is 6.28. The first-order valence-electron chi connectivity index (χ1n) is 11.6. The molecule has 3 aromatic rings. The molecule has 0 aromatic heterocycles. The summed E-state index contributed by atoms with van der Waals surface area (Å²) in [6.07, 6.45) is 0. The molecule has 2 aliphatic rings. The van der Waals surface area contributed by atoms with Crippen LogP contribution < -0.4 is 10.2 Å². The number of para-hydroxylation sites is 1. The maximum absolute atomic E-state index is 13.0. The third kappa shape index (κ3) is 3.90. The maximum Gasteiger partial charge on any atom is 0.241 e. The third-order valence-corrected chi connectivity index (χ3v) is 6.89. The number of carbonyl (C=O) groups is 3. The Labute approximate surface area is 199 Å². The van der Waals surface area contributed by atoms with Crippen LogP contribution in [0.15, 0.2) is 66.7 Å². The summed E-state index contributed by atoms with van der Waals surface area (Å²) in [7, 11) is 0. The van der Waals surface area contributed by atoms with Gasteiger partial charge in [0, 0.05) is 59.8 Å². The lowest BCUT2D eigenvalue weighted by Crippen LogP contribution is -2.53. The average molecular weight is 454 g/mol. The Kier molecular flexibility index (Phi) is 5.75. The second-order valence-corrected chi connectivity index (χ2v) is 8.94. The minimum absolute atomic E-state index is 0.126. The summed E-state index contributed by atoms with van der Waals surface area (Å²) in [5.74, 6) is -0.482. The highest BCUT2D eigenvalue weighted by Crippen LogP contribution is 2.29. The van der Waals surface area contributed by atoms with E-state index in [0.717, 1.165) is 26.2 Å². The van der Waals surface area contributed by atoms with Crippen LogP contribution in [-0.2, 0) is 4.79 Å². The van der Waals surface area contributed by atoms with Crippen molar-refractivity contribution in [3.05, 3.63) is 94.5 Å². The van der Waals surface area contributed by atoms with Crippen LogP contribution in [0, 0.1) is 6.92 Å². The van der Waals surface area contributed by atoms with Gasteiger partial charge in [-0.25, -0.2) is 0 Å². The Morgan fingerprint density at radius 1 is 0.794 bits per heavy atom. The van der Waals surface area contributed by atoms with Gasteiger partial charge in [-0.3, -0.25) is 19.3 Å². The molecule has 172 valence electrons. The number of carbonyl (C=O) groups excluding carboxylic acids is 3. The number of rotatable bonds is 4. The van der Waals surface area contributed by atoms with E-state index in [0.29, 0.717) is 27.9 Å². The number of amides is 1. The van der Waals surface area contributed by atoms with E-state index in [2.05, 4.69) is 40.2 Å². The number of ketones is 2. The molecule has 0 saturated carbocycles. The minimum Gasteiger partial charge on any atom is -0.369 e. The van der Waals surface area contributed by atoms with Gasteiger partial charge in [-0.15, -0.1) is 0 Å². The lowest BCUT2D eigenvalue weighted by Gasteiger charge is -2.39. The summed E-state index contributed by atoms with van der Waals surface area (Å²) in [4.78, 5) is 43.3. The first kappa shape index (κ1) is 22.0. The molecule has 1 aliphatic carbocycles. The van der Waals surface area contributed by atoms with Crippen LogP contribution >= 0.6 is 0 Å². The third-order valence-electron chi connectivity index (χ3n) is 6.89. The number of nitrogens with one attached hydrogen (secondary N) is 1. The Balaban J connectivity index is 1.26. The molecule has 1 atom stereocenters. The highest BCUT2D eigenvalue weighted by Gasteiger charge is 2.30. The van der Waals surface area contributed by atoms with Gasteiger partial charge in [0.05, 0.1) is 6.04 Å².